The van der Waals surface area contributed by atoms with Crippen molar-refractivity contribution < 1.29 is 55.3 Å². The molecule has 0 bridgehead atoms. The zero-order chi connectivity index (χ0) is 23.0. The summed E-state index contributed by atoms with van der Waals surface area (Å²) >= 11 is 2.44. The minimum atomic E-state index is -1.25. The number of nitrogens with one attached hydrogen (secondary N) is 1. The van der Waals surface area contributed by atoms with E-state index in [1.807, 2.05) is 0 Å². The number of nitrogens with zero attached hydrogens (tertiary/aromatic N) is 7. The van der Waals surface area contributed by atoms with Crippen LogP contribution in [0, 0.1) is 6.92 Å². The molecular formula is C16H18N9NaO5S2. The number of carbonyl (C=O) groups excluding carboxylic acids is 2. The van der Waals surface area contributed by atoms with Crippen molar-refractivity contribution in [1.29, 1.82) is 0 Å². The number of aryl methyl sites for hydroxylation is 1. The van der Waals surface area contributed by atoms with Crippen molar-refractivity contribution in [3.63, 3.8) is 0 Å². The molecule has 0 saturated carbocycles. The third kappa shape index (κ3) is 4.89. The second kappa shape index (κ2) is 10.2. The molecule has 170 valence electrons. The molecule has 0 aromatic carbocycles. The van der Waals surface area contributed by atoms with Gasteiger partial charge in [0.25, 0.3) is 11.8 Å². The molecule has 0 aliphatic carbocycles. The standard InChI is InChI=1S/C16H17N9O5S2.Na.H/c1-6-20-23-24(21-6)3-7-4-31-14-10(13(27)25(14)11(7)15(28)29)19-12(26)9(22-30-2)8-5-32-16(17)18-8;;/h5,10,14H,3-4H2,1-2H3,(H2,17,18)(H,19,26)(H,28,29);;/q;+1;-1/t10-,14-;;/m1../s1. The molecule has 1 saturated heterocycles. The molecule has 2 amide bonds. The maximum Gasteiger partial charge on any atom is 1.00 e. The van der Waals surface area contributed by atoms with E-state index in [2.05, 4.69) is 30.9 Å². The monoisotopic (exact) mass is 503 g/mol. The molecule has 4 heterocycles. The number of β-lactam (4-membered cyclic amide) rings is 1. The van der Waals surface area contributed by atoms with Gasteiger partial charge in [-0.1, -0.05) is 5.16 Å². The molecule has 2 atom stereocenters. The third-order valence-corrected chi connectivity index (χ3v) is 6.60. The summed E-state index contributed by atoms with van der Waals surface area (Å²) in [5.74, 6) is -1.74. The van der Waals surface area contributed by atoms with Crippen LogP contribution in [0.4, 0.5) is 5.13 Å². The van der Waals surface area contributed by atoms with Crippen LogP contribution in [0.15, 0.2) is 21.8 Å². The summed E-state index contributed by atoms with van der Waals surface area (Å²) in [6, 6.07) is -0.937. The van der Waals surface area contributed by atoms with Gasteiger partial charge in [0.05, 0.1) is 6.54 Å². The van der Waals surface area contributed by atoms with Crippen LogP contribution in [-0.4, -0.2) is 83.0 Å². The van der Waals surface area contributed by atoms with Crippen LogP contribution in [0.25, 0.3) is 0 Å². The Morgan fingerprint density at radius 2 is 2.24 bits per heavy atom. The zero-order valence-corrected chi connectivity index (χ0v) is 21.4. The van der Waals surface area contributed by atoms with Gasteiger partial charge in [0.15, 0.2) is 16.7 Å². The van der Waals surface area contributed by atoms with Crippen LogP contribution < -0.4 is 40.6 Å². The van der Waals surface area contributed by atoms with Gasteiger partial charge in [0, 0.05) is 11.1 Å². The summed E-state index contributed by atoms with van der Waals surface area (Å²) in [6.07, 6.45) is 0. The van der Waals surface area contributed by atoms with Crippen LogP contribution in [-0.2, 0) is 25.8 Å². The summed E-state index contributed by atoms with van der Waals surface area (Å²) < 4.78 is 0. The summed E-state index contributed by atoms with van der Waals surface area (Å²) in [4.78, 5) is 48.7. The summed E-state index contributed by atoms with van der Waals surface area (Å²) in [6.45, 7) is 1.74. The van der Waals surface area contributed by atoms with E-state index < -0.39 is 29.2 Å². The Kier molecular flexibility index (Phi) is 7.73. The molecule has 4 N–H and O–H groups in total. The van der Waals surface area contributed by atoms with Crippen LogP contribution in [0.3, 0.4) is 0 Å². The van der Waals surface area contributed by atoms with Gasteiger partial charge in [-0.25, -0.2) is 9.78 Å². The molecule has 2 aliphatic heterocycles. The smallest absolute Gasteiger partial charge is 1.00 e. The number of hydrogen-bond donors (Lipinski definition) is 3. The first-order chi connectivity index (χ1) is 15.3. The van der Waals surface area contributed by atoms with Gasteiger partial charge >= 0.3 is 35.5 Å². The second-order valence-electron chi connectivity index (χ2n) is 6.68. The average Bonchev–Trinajstić information content (AvgIpc) is 3.37. The molecule has 33 heavy (non-hydrogen) atoms. The van der Waals surface area contributed by atoms with Gasteiger partial charge in [0.2, 0.25) is 0 Å². The number of aromatic nitrogens is 5. The predicted octanol–water partition coefficient (Wildman–Crippen LogP) is -4.07. The third-order valence-electron chi connectivity index (χ3n) is 4.58. The minimum Gasteiger partial charge on any atom is -1.00 e. The van der Waals surface area contributed by atoms with Gasteiger partial charge in [0.1, 0.15) is 29.9 Å². The number of aliphatic carboxylic acids is 1. The van der Waals surface area contributed by atoms with E-state index in [0.717, 1.165) is 16.2 Å². The van der Waals surface area contributed by atoms with Crippen molar-refractivity contribution in [2.75, 3.05) is 18.6 Å². The normalized spacial score (nSPS) is 20.0. The molecule has 0 unspecified atom stereocenters. The molecular weight excluding hydrogens is 485 g/mol. The average molecular weight is 504 g/mol. The van der Waals surface area contributed by atoms with Crippen LogP contribution >= 0.6 is 23.1 Å². The van der Waals surface area contributed by atoms with Crippen molar-refractivity contribution >= 4 is 51.7 Å². The molecule has 17 heteroatoms. The Morgan fingerprint density at radius 1 is 1.48 bits per heavy atom. The molecule has 0 spiro atoms. The number of hydrogen-bond acceptors (Lipinski definition) is 12. The number of nitrogens with two attached hydrogens (primary N) is 1. The first-order valence-corrected chi connectivity index (χ1v) is 11.0. The minimum absolute atomic E-state index is 0. The van der Waals surface area contributed by atoms with Crippen molar-refractivity contribution in [2.24, 2.45) is 5.16 Å². The zero-order valence-electron chi connectivity index (χ0n) is 18.8. The van der Waals surface area contributed by atoms with Gasteiger partial charge in [-0.05, 0) is 17.7 Å². The SMILES string of the molecule is CON=C(C(=O)N[C@@H]1C(=O)N2C(C(=O)O)=C(Cn3nnc(C)n3)CS[C@H]12)c1csc(N)n1.[H-].[Na+]. The molecule has 14 nitrogen and oxygen atoms in total. The fourth-order valence-corrected chi connectivity index (χ4v) is 5.15. The molecule has 2 aromatic heterocycles. The van der Waals surface area contributed by atoms with Gasteiger partial charge in [-0.15, -0.1) is 33.3 Å². The quantitative estimate of drug-likeness (QED) is 0.144. The largest absolute Gasteiger partial charge is 1.00 e. The van der Waals surface area contributed by atoms with Crippen molar-refractivity contribution in [1.82, 2.24) is 35.4 Å². The van der Waals surface area contributed by atoms with Crippen LogP contribution in [0.2, 0.25) is 0 Å². The number of thioether (sulfide) groups is 1. The molecule has 1 fully saturated rings. The Hall–Kier alpha value is -2.53. The number of rotatable bonds is 7. The molecule has 2 aromatic rings. The van der Waals surface area contributed by atoms with E-state index in [-0.39, 0.29) is 59.8 Å². The number of oxime groups is 1. The Morgan fingerprint density at radius 3 is 2.82 bits per heavy atom. The Balaban J connectivity index is 0.00000204. The van der Waals surface area contributed by atoms with E-state index in [1.54, 1.807) is 6.92 Å². The number of nitrogen functional groups attached to an aromatic ring is 1. The number of carbonyl (C=O) groups is 3. The van der Waals surface area contributed by atoms with E-state index in [4.69, 9.17) is 10.6 Å². The summed E-state index contributed by atoms with van der Waals surface area (Å²) in [5, 5.41) is 28.9. The Labute approximate surface area is 218 Å². The summed E-state index contributed by atoms with van der Waals surface area (Å²) in [7, 11) is 1.27. The molecule has 4 rings (SSSR count). The topological polar surface area (TPSA) is 191 Å². The number of carboxylic acids is 1. The molecule has 0 radical (unpaired) electrons. The van der Waals surface area contributed by atoms with E-state index in [1.165, 1.54) is 29.0 Å². The Bertz CT molecular complexity index is 1170. The van der Waals surface area contributed by atoms with Crippen molar-refractivity contribution in [3.8, 4) is 0 Å². The first kappa shape index (κ1) is 25.1. The maximum atomic E-state index is 12.8. The maximum absolute atomic E-state index is 12.8. The van der Waals surface area contributed by atoms with Gasteiger partial charge in [-0.3, -0.25) is 14.5 Å². The number of tetrazole rings is 1. The molecule has 2 aliphatic rings. The summed E-state index contributed by atoms with van der Waals surface area (Å²) in [5.41, 5.74) is 6.00. The van der Waals surface area contributed by atoms with Crippen molar-refractivity contribution in [2.45, 2.75) is 24.9 Å². The predicted molar refractivity (Wildman–Crippen MR) is 113 cm³/mol. The van der Waals surface area contributed by atoms with Gasteiger partial charge in [-0.2, -0.15) is 4.80 Å². The van der Waals surface area contributed by atoms with E-state index in [0.29, 0.717) is 17.2 Å². The first-order valence-electron chi connectivity index (χ1n) is 9.08. The van der Waals surface area contributed by atoms with Crippen molar-refractivity contribution in [3.05, 3.63) is 28.2 Å². The number of thiazole rings is 1. The van der Waals surface area contributed by atoms with Gasteiger partial charge < -0.3 is 22.4 Å². The van der Waals surface area contributed by atoms with Crippen LogP contribution in [0.5, 0.6) is 0 Å². The van der Waals surface area contributed by atoms with Crippen LogP contribution in [0.1, 0.15) is 12.9 Å². The fraction of sp³-hybridized carbons (Fsp3) is 0.375. The number of anilines is 1. The second-order valence-corrected chi connectivity index (χ2v) is 8.67. The fourth-order valence-electron chi connectivity index (χ4n) is 3.27. The number of carboxylic acid groups (broad SMARTS) is 1. The number of amides is 2. The van der Waals surface area contributed by atoms with E-state index >= 15 is 0 Å². The number of fused-ring (bicyclic) bond motifs is 1. The van der Waals surface area contributed by atoms with E-state index in [9.17, 15) is 19.5 Å².